The predicted molar refractivity (Wildman–Crippen MR) is 64.0 cm³/mol. The molecule has 0 heterocycles. The number of carbonyl (C=O) groups is 2. The minimum Gasteiger partial charge on any atom is -0.450 e. The van der Waals surface area contributed by atoms with E-state index in [0.717, 1.165) is 19.3 Å². The Labute approximate surface area is 97.2 Å². The molecule has 0 saturated carbocycles. The van der Waals surface area contributed by atoms with E-state index in [1.54, 1.807) is 13.0 Å². The molecule has 0 spiro atoms. The fourth-order valence-corrected chi connectivity index (χ4v) is 1.20. The number of unbranched alkanes of at least 4 members (excludes halogenated alkanes) is 2. The number of hydrogen-bond acceptors (Lipinski definition) is 3. The van der Waals surface area contributed by atoms with Gasteiger partial charge in [0.05, 0.1) is 0 Å². The molecule has 3 heteroatoms. The number of hydrogen-bond donors (Lipinski definition) is 0. The van der Waals surface area contributed by atoms with E-state index in [1.807, 2.05) is 0 Å². The van der Waals surface area contributed by atoms with Crippen molar-refractivity contribution in [1.82, 2.24) is 0 Å². The molecule has 1 atom stereocenters. The lowest BCUT2D eigenvalue weighted by molar-refractivity contribution is -0.151. The predicted octanol–water partition coefficient (Wildman–Crippen LogP) is 2.81. The molecular formula is C13H20O3. The van der Waals surface area contributed by atoms with Crippen LogP contribution in [0.5, 0.6) is 0 Å². The van der Waals surface area contributed by atoms with Gasteiger partial charge in [-0.2, -0.15) is 0 Å². The van der Waals surface area contributed by atoms with Crippen LogP contribution in [0.1, 0.15) is 39.5 Å². The van der Waals surface area contributed by atoms with E-state index in [-0.39, 0.29) is 11.8 Å². The van der Waals surface area contributed by atoms with Crippen LogP contribution < -0.4 is 0 Å². The Morgan fingerprint density at radius 3 is 2.56 bits per heavy atom. The second-order valence-electron chi connectivity index (χ2n) is 3.51. The zero-order chi connectivity index (χ0) is 12.4. The van der Waals surface area contributed by atoms with Crippen LogP contribution in [0.4, 0.5) is 0 Å². The lowest BCUT2D eigenvalue weighted by Gasteiger charge is -2.10. The number of allylic oxidation sites excluding steroid dienone is 1. The first kappa shape index (κ1) is 14.6. The van der Waals surface area contributed by atoms with Crippen molar-refractivity contribution >= 4 is 11.8 Å². The van der Waals surface area contributed by atoms with E-state index < -0.39 is 6.10 Å². The minimum atomic E-state index is -0.842. The van der Waals surface area contributed by atoms with E-state index in [9.17, 15) is 9.59 Å². The summed E-state index contributed by atoms with van der Waals surface area (Å²) >= 11 is 0. The second-order valence-corrected chi connectivity index (χ2v) is 3.51. The number of rotatable bonds is 8. The SMILES string of the molecule is C=CC(OC(=O)CCCCC)C(=O)C=CC. The van der Waals surface area contributed by atoms with Gasteiger partial charge in [0, 0.05) is 6.42 Å². The van der Waals surface area contributed by atoms with Gasteiger partial charge in [-0.05, 0) is 25.5 Å². The van der Waals surface area contributed by atoms with Crippen LogP contribution >= 0.6 is 0 Å². The van der Waals surface area contributed by atoms with Gasteiger partial charge in [-0.25, -0.2) is 0 Å². The van der Waals surface area contributed by atoms with Crippen molar-refractivity contribution in [3.05, 3.63) is 24.8 Å². The first-order valence-electron chi connectivity index (χ1n) is 5.64. The highest BCUT2D eigenvalue weighted by molar-refractivity contribution is 5.96. The lowest BCUT2D eigenvalue weighted by atomic mass is 10.2. The first-order chi connectivity index (χ1) is 7.65. The molecule has 0 fully saturated rings. The summed E-state index contributed by atoms with van der Waals surface area (Å²) in [5, 5.41) is 0. The van der Waals surface area contributed by atoms with Gasteiger partial charge < -0.3 is 4.74 Å². The molecule has 0 rings (SSSR count). The molecular weight excluding hydrogens is 204 g/mol. The highest BCUT2D eigenvalue weighted by Crippen LogP contribution is 2.04. The van der Waals surface area contributed by atoms with E-state index >= 15 is 0 Å². The molecule has 0 aromatic carbocycles. The molecule has 90 valence electrons. The Kier molecular flexibility index (Phi) is 8.12. The van der Waals surface area contributed by atoms with Gasteiger partial charge in [0.15, 0.2) is 11.9 Å². The fraction of sp³-hybridized carbons (Fsp3) is 0.538. The molecule has 0 bridgehead atoms. The van der Waals surface area contributed by atoms with Crippen LogP contribution in [0.15, 0.2) is 24.8 Å². The van der Waals surface area contributed by atoms with Crippen LogP contribution in [-0.4, -0.2) is 17.9 Å². The Hall–Kier alpha value is -1.38. The smallest absolute Gasteiger partial charge is 0.306 e. The van der Waals surface area contributed by atoms with Crippen molar-refractivity contribution in [3.63, 3.8) is 0 Å². The number of ketones is 1. The zero-order valence-electron chi connectivity index (χ0n) is 10.1. The first-order valence-corrected chi connectivity index (χ1v) is 5.64. The normalized spacial score (nSPS) is 12.4. The summed E-state index contributed by atoms with van der Waals surface area (Å²) in [7, 11) is 0. The summed E-state index contributed by atoms with van der Waals surface area (Å²) in [6.07, 6.45) is 6.71. The molecule has 16 heavy (non-hydrogen) atoms. The summed E-state index contributed by atoms with van der Waals surface area (Å²) in [4.78, 5) is 22.8. The molecule has 0 aromatic heterocycles. The van der Waals surface area contributed by atoms with Gasteiger partial charge in [0.1, 0.15) is 0 Å². The third kappa shape index (κ3) is 6.17. The average molecular weight is 224 g/mol. The molecule has 0 saturated heterocycles. The maximum Gasteiger partial charge on any atom is 0.306 e. The Bertz CT molecular complexity index is 266. The Balaban J connectivity index is 4.06. The van der Waals surface area contributed by atoms with Gasteiger partial charge in [0.25, 0.3) is 0 Å². The number of esters is 1. The summed E-state index contributed by atoms with van der Waals surface area (Å²) in [5.74, 6) is -0.586. The van der Waals surface area contributed by atoms with Crippen molar-refractivity contribution in [1.29, 1.82) is 0 Å². The Morgan fingerprint density at radius 2 is 2.06 bits per heavy atom. The summed E-state index contributed by atoms with van der Waals surface area (Å²) < 4.78 is 5.00. The largest absolute Gasteiger partial charge is 0.450 e. The molecule has 0 aromatic rings. The highest BCUT2D eigenvalue weighted by Gasteiger charge is 2.16. The van der Waals surface area contributed by atoms with Crippen molar-refractivity contribution in [2.45, 2.75) is 45.6 Å². The summed E-state index contributed by atoms with van der Waals surface area (Å²) in [5.41, 5.74) is 0. The van der Waals surface area contributed by atoms with E-state index in [0.29, 0.717) is 6.42 Å². The maximum absolute atomic E-state index is 11.4. The van der Waals surface area contributed by atoms with Crippen molar-refractivity contribution in [3.8, 4) is 0 Å². The average Bonchev–Trinajstić information content (AvgIpc) is 2.26. The second kappa shape index (κ2) is 8.89. The van der Waals surface area contributed by atoms with Crippen LogP contribution in [0.3, 0.4) is 0 Å². The van der Waals surface area contributed by atoms with Crippen molar-refractivity contribution in [2.75, 3.05) is 0 Å². The monoisotopic (exact) mass is 224 g/mol. The van der Waals surface area contributed by atoms with Gasteiger partial charge >= 0.3 is 5.97 Å². The number of carbonyl (C=O) groups excluding carboxylic acids is 2. The molecule has 0 amide bonds. The minimum absolute atomic E-state index is 0.249. The summed E-state index contributed by atoms with van der Waals surface area (Å²) in [6, 6.07) is 0. The van der Waals surface area contributed by atoms with E-state index in [2.05, 4.69) is 13.5 Å². The molecule has 0 aliphatic rings. The van der Waals surface area contributed by atoms with Crippen LogP contribution in [0.2, 0.25) is 0 Å². The number of ether oxygens (including phenoxy) is 1. The van der Waals surface area contributed by atoms with E-state index in [4.69, 9.17) is 4.74 Å². The third-order valence-electron chi connectivity index (χ3n) is 2.07. The zero-order valence-corrected chi connectivity index (χ0v) is 10.1. The van der Waals surface area contributed by atoms with Crippen LogP contribution in [-0.2, 0) is 14.3 Å². The third-order valence-corrected chi connectivity index (χ3v) is 2.07. The standard InChI is InChI=1S/C13H20O3/c1-4-7-8-10-13(15)16-12(6-3)11(14)9-5-2/h5-6,9,12H,3-4,7-8,10H2,1-2H3. The fourth-order valence-electron chi connectivity index (χ4n) is 1.20. The highest BCUT2D eigenvalue weighted by atomic mass is 16.5. The molecule has 0 aliphatic carbocycles. The molecule has 1 unspecified atom stereocenters. The van der Waals surface area contributed by atoms with Gasteiger partial charge in [-0.1, -0.05) is 32.4 Å². The van der Waals surface area contributed by atoms with Crippen molar-refractivity contribution in [2.24, 2.45) is 0 Å². The Morgan fingerprint density at radius 1 is 1.38 bits per heavy atom. The lowest BCUT2D eigenvalue weighted by Crippen LogP contribution is -2.23. The maximum atomic E-state index is 11.4. The topological polar surface area (TPSA) is 43.4 Å². The van der Waals surface area contributed by atoms with Gasteiger partial charge in [0.2, 0.25) is 0 Å². The van der Waals surface area contributed by atoms with Crippen molar-refractivity contribution < 1.29 is 14.3 Å². The van der Waals surface area contributed by atoms with Gasteiger partial charge in [-0.3, -0.25) is 9.59 Å². The summed E-state index contributed by atoms with van der Waals surface area (Å²) in [6.45, 7) is 7.28. The molecule has 0 radical (unpaired) electrons. The van der Waals surface area contributed by atoms with E-state index in [1.165, 1.54) is 12.2 Å². The van der Waals surface area contributed by atoms with Crippen LogP contribution in [0, 0.1) is 0 Å². The van der Waals surface area contributed by atoms with Crippen LogP contribution in [0.25, 0.3) is 0 Å². The molecule has 0 N–H and O–H groups in total. The quantitative estimate of drug-likeness (QED) is 0.275. The van der Waals surface area contributed by atoms with Gasteiger partial charge in [-0.15, -0.1) is 0 Å². The molecule has 3 nitrogen and oxygen atoms in total. The molecule has 0 aliphatic heterocycles.